The van der Waals surface area contributed by atoms with Gasteiger partial charge in [0.1, 0.15) is 11.6 Å². The molecule has 1 saturated carbocycles. The third-order valence-electron chi connectivity index (χ3n) is 3.89. The molecular formula is C16H24N2O2. The van der Waals surface area contributed by atoms with Crippen LogP contribution in [0.3, 0.4) is 0 Å². The van der Waals surface area contributed by atoms with Gasteiger partial charge in [0.05, 0.1) is 6.61 Å². The van der Waals surface area contributed by atoms with Gasteiger partial charge in [-0.15, -0.1) is 0 Å². The number of amidine groups is 1. The van der Waals surface area contributed by atoms with Gasteiger partial charge in [0.2, 0.25) is 0 Å². The first-order valence-electron chi connectivity index (χ1n) is 7.04. The summed E-state index contributed by atoms with van der Waals surface area (Å²) >= 11 is 0. The zero-order valence-corrected chi connectivity index (χ0v) is 12.5. The zero-order chi connectivity index (χ0) is 14.8. The Kier molecular flexibility index (Phi) is 3.93. The fraction of sp³-hybridized carbons (Fsp3) is 0.562. The number of hydrogen-bond donors (Lipinski definition) is 2. The average molecular weight is 276 g/mol. The molecule has 0 spiro atoms. The molecule has 4 nitrogen and oxygen atoms in total. The van der Waals surface area contributed by atoms with E-state index in [4.69, 9.17) is 15.7 Å². The van der Waals surface area contributed by atoms with Crippen LogP contribution < -0.4 is 10.5 Å². The topological polar surface area (TPSA) is 67.8 Å². The fourth-order valence-electron chi connectivity index (χ4n) is 2.26. The molecule has 1 aliphatic carbocycles. The molecule has 0 aromatic heterocycles. The molecule has 0 radical (unpaired) electrons. The molecule has 0 amide bonds. The molecule has 1 aliphatic rings. The van der Waals surface area contributed by atoms with Gasteiger partial charge in [-0.1, -0.05) is 38.1 Å². The molecule has 2 rings (SSSR count). The molecule has 110 valence electrons. The number of oxime groups is 1. The van der Waals surface area contributed by atoms with Crippen LogP contribution in [0.4, 0.5) is 0 Å². The molecule has 3 N–H and O–H groups in total. The van der Waals surface area contributed by atoms with Crippen LogP contribution in [0.2, 0.25) is 0 Å². The number of benzene rings is 1. The predicted molar refractivity (Wildman–Crippen MR) is 80.3 cm³/mol. The Morgan fingerprint density at radius 3 is 2.65 bits per heavy atom. The minimum atomic E-state index is 0.0635. The van der Waals surface area contributed by atoms with Crippen molar-refractivity contribution in [2.75, 3.05) is 6.61 Å². The molecule has 0 aliphatic heterocycles. The van der Waals surface area contributed by atoms with Crippen LogP contribution in [0, 0.1) is 5.41 Å². The van der Waals surface area contributed by atoms with Gasteiger partial charge in [-0.2, -0.15) is 0 Å². The standard InChI is InChI=1S/C16H24N2O2/c1-15(2,3)12-5-4-6-13(9-12)20-11-16(7-8-16)10-14(17)18-19/h4-6,9,19H,7-8,10-11H2,1-3H3,(H2,17,18). The van der Waals surface area contributed by atoms with E-state index in [9.17, 15) is 0 Å². The van der Waals surface area contributed by atoms with Crippen LogP contribution in [-0.4, -0.2) is 17.6 Å². The summed E-state index contributed by atoms with van der Waals surface area (Å²) in [5, 5.41) is 11.7. The van der Waals surface area contributed by atoms with Crippen molar-refractivity contribution in [2.24, 2.45) is 16.3 Å². The van der Waals surface area contributed by atoms with Gasteiger partial charge >= 0.3 is 0 Å². The fourth-order valence-corrected chi connectivity index (χ4v) is 2.26. The molecule has 1 aromatic rings. The summed E-state index contributed by atoms with van der Waals surface area (Å²) in [4.78, 5) is 0. The Hall–Kier alpha value is -1.71. The Morgan fingerprint density at radius 1 is 1.40 bits per heavy atom. The van der Waals surface area contributed by atoms with Gasteiger partial charge in [-0.05, 0) is 36.0 Å². The lowest BCUT2D eigenvalue weighted by Gasteiger charge is -2.21. The SMILES string of the molecule is CC(C)(C)c1cccc(OCC2(CC(N)=NO)CC2)c1. The first kappa shape index (κ1) is 14.7. The third-order valence-corrected chi connectivity index (χ3v) is 3.89. The number of nitrogens with zero attached hydrogens (tertiary/aromatic N) is 1. The lowest BCUT2D eigenvalue weighted by Crippen LogP contribution is -2.22. The van der Waals surface area contributed by atoms with E-state index in [2.05, 4.69) is 38.1 Å². The summed E-state index contributed by atoms with van der Waals surface area (Å²) in [5.74, 6) is 1.18. The quantitative estimate of drug-likeness (QED) is 0.375. The van der Waals surface area contributed by atoms with E-state index >= 15 is 0 Å². The Labute approximate surface area is 120 Å². The van der Waals surface area contributed by atoms with E-state index in [1.54, 1.807) is 0 Å². The summed E-state index contributed by atoms with van der Waals surface area (Å²) in [6.07, 6.45) is 2.74. The van der Waals surface area contributed by atoms with E-state index < -0.39 is 0 Å². The van der Waals surface area contributed by atoms with Gasteiger partial charge in [-0.3, -0.25) is 0 Å². The van der Waals surface area contributed by atoms with Gasteiger partial charge in [0.25, 0.3) is 0 Å². The van der Waals surface area contributed by atoms with Crippen molar-refractivity contribution in [3.8, 4) is 5.75 Å². The van der Waals surface area contributed by atoms with Crippen LogP contribution in [0.25, 0.3) is 0 Å². The van der Waals surface area contributed by atoms with Crippen LogP contribution in [-0.2, 0) is 5.41 Å². The van der Waals surface area contributed by atoms with Crippen LogP contribution in [0.5, 0.6) is 5.75 Å². The average Bonchev–Trinajstić information content (AvgIpc) is 3.16. The Bertz CT molecular complexity index is 499. The van der Waals surface area contributed by atoms with Crippen LogP contribution in [0.15, 0.2) is 29.4 Å². The van der Waals surface area contributed by atoms with Crippen LogP contribution in [0.1, 0.15) is 45.6 Å². The lowest BCUT2D eigenvalue weighted by molar-refractivity contribution is 0.236. The first-order valence-corrected chi connectivity index (χ1v) is 7.04. The number of ether oxygens (including phenoxy) is 1. The van der Waals surface area contributed by atoms with Crippen molar-refractivity contribution in [1.29, 1.82) is 0 Å². The summed E-state index contributed by atoms with van der Waals surface area (Å²) in [7, 11) is 0. The van der Waals surface area contributed by atoms with Crippen molar-refractivity contribution in [3.63, 3.8) is 0 Å². The molecule has 1 aromatic carbocycles. The molecule has 0 saturated heterocycles. The van der Waals surface area contributed by atoms with Crippen molar-refractivity contribution >= 4 is 5.84 Å². The minimum absolute atomic E-state index is 0.0635. The molecular weight excluding hydrogens is 252 g/mol. The van der Waals surface area contributed by atoms with Crippen molar-refractivity contribution in [2.45, 2.75) is 45.4 Å². The lowest BCUT2D eigenvalue weighted by atomic mass is 9.87. The van der Waals surface area contributed by atoms with Crippen LogP contribution >= 0.6 is 0 Å². The highest BCUT2D eigenvalue weighted by atomic mass is 16.5. The second-order valence-corrected chi connectivity index (χ2v) is 6.83. The highest BCUT2D eigenvalue weighted by Crippen LogP contribution is 2.49. The molecule has 0 atom stereocenters. The smallest absolute Gasteiger partial charge is 0.139 e. The second kappa shape index (κ2) is 5.35. The predicted octanol–water partition coefficient (Wildman–Crippen LogP) is 3.28. The maximum atomic E-state index is 8.66. The molecule has 0 heterocycles. The van der Waals surface area contributed by atoms with E-state index in [1.807, 2.05) is 12.1 Å². The highest BCUT2D eigenvalue weighted by molar-refractivity contribution is 5.80. The zero-order valence-electron chi connectivity index (χ0n) is 12.5. The van der Waals surface area contributed by atoms with Crippen molar-refractivity contribution < 1.29 is 9.94 Å². The third kappa shape index (κ3) is 3.65. The van der Waals surface area contributed by atoms with E-state index in [1.165, 1.54) is 5.56 Å². The van der Waals surface area contributed by atoms with Crippen molar-refractivity contribution in [3.05, 3.63) is 29.8 Å². The van der Waals surface area contributed by atoms with E-state index in [0.29, 0.717) is 13.0 Å². The van der Waals surface area contributed by atoms with Gasteiger partial charge in [0.15, 0.2) is 0 Å². The van der Waals surface area contributed by atoms with Gasteiger partial charge < -0.3 is 15.7 Å². The molecule has 1 fully saturated rings. The van der Waals surface area contributed by atoms with Gasteiger partial charge in [0, 0.05) is 11.8 Å². The molecule has 0 bridgehead atoms. The van der Waals surface area contributed by atoms with E-state index in [-0.39, 0.29) is 16.7 Å². The maximum absolute atomic E-state index is 8.66. The Balaban J connectivity index is 1.98. The summed E-state index contributed by atoms with van der Waals surface area (Å²) in [6, 6.07) is 8.23. The van der Waals surface area contributed by atoms with E-state index in [0.717, 1.165) is 18.6 Å². The summed E-state index contributed by atoms with van der Waals surface area (Å²) in [6.45, 7) is 7.18. The molecule has 0 unspecified atom stereocenters. The maximum Gasteiger partial charge on any atom is 0.139 e. The largest absolute Gasteiger partial charge is 0.493 e. The number of hydrogen-bond acceptors (Lipinski definition) is 3. The summed E-state index contributed by atoms with van der Waals surface area (Å²) < 4.78 is 5.92. The minimum Gasteiger partial charge on any atom is -0.493 e. The molecule has 4 heteroatoms. The normalized spacial score (nSPS) is 17.9. The molecule has 20 heavy (non-hydrogen) atoms. The van der Waals surface area contributed by atoms with Crippen molar-refractivity contribution in [1.82, 2.24) is 0 Å². The van der Waals surface area contributed by atoms with Gasteiger partial charge in [-0.25, -0.2) is 0 Å². The number of rotatable bonds is 5. The monoisotopic (exact) mass is 276 g/mol. The summed E-state index contributed by atoms with van der Waals surface area (Å²) in [5.41, 5.74) is 7.03. The number of nitrogens with two attached hydrogens (primary N) is 1. The Morgan fingerprint density at radius 2 is 2.10 bits per heavy atom. The second-order valence-electron chi connectivity index (χ2n) is 6.83. The highest BCUT2D eigenvalue weighted by Gasteiger charge is 2.44. The first-order chi connectivity index (χ1) is 9.35.